The van der Waals surface area contributed by atoms with Crippen LogP contribution >= 0.6 is 0 Å². The number of aliphatic hydroxyl groups excluding tert-OH is 1. The van der Waals surface area contributed by atoms with Gasteiger partial charge in [-0.3, -0.25) is 0 Å². The minimum Gasteiger partial charge on any atom is -0.396 e. The fraction of sp³-hybridized carbons (Fsp3) is 0.588. The molecular formula is C17H24N2O2. The molecule has 1 fully saturated rings. The van der Waals surface area contributed by atoms with E-state index in [9.17, 15) is 5.11 Å². The smallest absolute Gasteiger partial charge is 0.110 e. The largest absolute Gasteiger partial charge is 0.396 e. The number of fused-ring (bicyclic) bond motifs is 1. The molecule has 2 aromatic rings. The van der Waals surface area contributed by atoms with E-state index >= 15 is 0 Å². The summed E-state index contributed by atoms with van der Waals surface area (Å²) >= 11 is 0. The summed E-state index contributed by atoms with van der Waals surface area (Å²) in [6, 6.07) is 8.09. The Kier molecular flexibility index (Phi) is 4.27. The van der Waals surface area contributed by atoms with Crippen LogP contribution in [0.15, 0.2) is 24.3 Å². The highest BCUT2D eigenvalue weighted by atomic mass is 16.3. The van der Waals surface area contributed by atoms with E-state index in [1.807, 2.05) is 18.2 Å². The molecule has 1 aliphatic carbocycles. The maximum absolute atomic E-state index is 10.9. The monoisotopic (exact) mass is 288 g/mol. The summed E-state index contributed by atoms with van der Waals surface area (Å²) in [4.78, 5) is 4.69. The first-order chi connectivity index (χ1) is 10.2. The molecule has 1 aromatic carbocycles. The SMILES string of the molecule is OCCCc1nc2ccccc2n1CC1(O)CCCCC1. The molecule has 0 aliphatic heterocycles. The Morgan fingerprint density at radius 2 is 1.90 bits per heavy atom. The average molecular weight is 288 g/mol. The molecule has 0 unspecified atom stereocenters. The van der Waals surface area contributed by atoms with E-state index in [0.29, 0.717) is 13.0 Å². The predicted molar refractivity (Wildman–Crippen MR) is 83.2 cm³/mol. The van der Waals surface area contributed by atoms with Crippen LogP contribution in [0.2, 0.25) is 0 Å². The maximum atomic E-state index is 10.9. The third-order valence-electron chi connectivity index (χ3n) is 4.53. The molecule has 0 amide bonds. The van der Waals surface area contributed by atoms with Crippen molar-refractivity contribution in [3.8, 4) is 0 Å². The van der Waals surface area contributed by atoms with E-state index in [0.717, 1.165) is 49.0 Å². The Labute approximate surface area is 125 Å². The zero-order valence-corrected chi connectivity index (χ0v) is 12.5. The molecule has 0 bridgehead atoms. The molecule has 0 spiro atoms. The fourth-order valence-corrected chi connectivity index (χ4v) is 3.39. The molecule has 2 N–H and O–H groups in total. The Morgan fingerprint density at radius 1 is 1.14 bits per heavy atom. The summed E-state index contributed by atoms with van der Waals surface area (Å²) in [6.07, 6.45) is 6.65. The van der Waals surface area contributed by atoms with Crippen molar-refractivity contribution in [3.05, 3.63) is 30.1 Å². The van der Waals surface area contributed by atoms with Gasteiger partial charge >= 0.3 is 0 Å². The van der Waals surface area contributed by atoms with E-state index in [4.69, 9.17) is 5.11 Å². The van der Waals surface area contributed by atoms with E-state index in [-0.39, 0.29) is 6.61 Å². The number of aryl methyl sites for hydroxylation is 1. The van der Waals surface area contributed by atoms with Gasteiger partial charge in [-0.15, -0.1) is 0 Å². The maximum Gasteiger partial charge on any atom is 0.110 e. The fourth-order valence-electron chi connectivity index (χ4n) is 3.39. The molecule has 1 aliphatic rings. The number of hydrogen-bond acceptors (Lipinski definition) is 3. The van der Waals surface area contributed by atoms with Crippen LogP contribution in [0.4, 0.5) is 0 Å². The molecule has 4 nitrogen and oxygen atoms in total. The lowest BCUT2D eigenvalue weighted by Gasteiger charge is -2.33. The third kappa shape index (κ3) is 3.11. The quantitative estimate of drug-likeness (QED) is 0.889. The summed E-state index contributed by atoms with van der Waals surface area (Å²) in [6.45, 7) is 0.793. The van der Waals surface area contributed by atoms with Crippen molar-refractivity contribution in [2.24, 2.45) is 0 Å². The number of rotatable bonds is 5. The summed E-state index contributed by atoms with van der Waals surface area (Å²) in [5.74, 6) is 0.976. The van der Waals surface area contributed by atoms with Crippen molar-refractivity contribution in [1.82, 2.24) is 9.55 Å². The number of aromatic nitrogens is 2. The van der Waals surface area contributed by atoms with Gasteiger partial charge in [-0.25, -0.2) is 4.98 Å². The van der Waals surface area contributed by atoms with Crippen molar-refractivity contribution in [3.63, 3.8) is 0 Å². The number of imidazole rings is 1. The second-order valence-corrected chi connectivity index (χ2v) is 6.22. The molecule has 0 radical (unpaired) electrons. The Bertz CT molecular complexity index is 600. The molecule has 0 atom stereocenters. The molecule has 21 heavy (non-hydrogen) atoms. The molecule has 1 aromatic heterocycles. The van der Waals surface area contributed by atoms with Crippen LogP contribution < -0.4 is 0 Å². The normalized spacial score (nSPS) is 18.2. The van der Waals surface area contributed by atoms with E-state index in [1.54, 1.807) is 0 Å². The van der Waals surface area contributed by atoms with E-state index in [1.165, 1.54) is 6.42 Å². The van der Waals surface area contributed by atoms with Gasteiger partial charge in [0.1, 0.15) is 5.82 Å². The van der Waals surface area contributed by atoms with Crippen molar-refractivity contribution < 1.29 is 10.2 Å². The summed E-state index contributed by atoms with van der Waals surface area (Å²) < 4.78 is 2.16. The van der Waals surface area contributed by atoms with Crippen molar-refractivity contribution in [2.75, 3.05) is 6.61 Å². The van der Waals surface area contributed by atoms with Gasteiger partial charge in [0.2, 0.25) is 0 Å². The second kappa shape index (κ2) is 6.16. The molecule has 1 heterocycles. The van der Waals surface area contributed by atoms with Gasteiger partial charge in [0.25, 0.3) is 0 Å². The van der Waals surface area contributed by atoms with Crippen molar-refractivity contribution in [2.45, 2.75) is 57.1 Å². The second-order valence-electron chi connectivity index (χ2n) is 6.22. The molecule has 3 rings (SSSR count). The number of nitrogens with zero attached hydrogens (tertiary/aromatic N) is 2. The van der Waals surface area contributed by atoms with Crippen LogP contribution in [0.1, 0.15) is 44.3 Å². The highest BCUT2D eigenvalue weighted by Crippen LogP contribution is 2.31. The number of hydrogen-bond donors (Lipinski definition) is 2. The topological polar surface area (TPSA) is 58.3 Å². The number of aliphatic hydroxyl groups is 2. The lowest BCUT2D eigenvalue weighted by molar-refractivity contribution is -0.0112. The predicted octanol–water partition coefficient (Wildman–Crippen LogP) is 2.66. The number of benzene rings is 1. The van der Waals surface area contributed by atoms with E-state index in [2.05, 4.69) is 15.6 Å². The first-order valence-electron chi connectivity index (χ1n) is 7.99. The van der Waals surface area contributed by atoms with Crippen LogP contribution in [0.25, 0.3) is 11.0 Å². The van der Waals surface area contributed by atoms with Crippen LogP contribution in [0.3, 0.4) is 0 Å². The van der Waals surface area contributed by atoms with Crippen LogP contribution in [0.5, 0.6) is 0 Å². The van der Waals surface area contributed by atoms with Gasteiger partial charge in [0, 0.05) is 13.0 Å². The minimum absolute atomic E-state index is 0.174. The standard InChI is InChI=1S/C17H24N2O2/c20-12-6-9-16-18-14-7-2-3-8-15(14)19(16)13-17(21)10-4-1-5-11-17/h2-3,7-8,20-21H,1,4-6,9-13H2. The lowest BCUT2D eigenvalue weighted by Crippen LogP contribution is -2.36. The van der Waals surface area contributed by atoms with Crippen molar-refractivity contribution in [1.29, 1.82) is 0 Å². The van der Waals surface area contributed by atoms with E-state index < -0.39 is 5.60 Å². The summed E-state index contributed by atoms with van der Waals surface area (Å²) in [5, 5.41) is 19.9. The van der Waals surface area contributed by atoms with Gasteiger partial charge in [-0.2, -0.15) is 0 Å². The highest BCUT2D eigenvalue weighted by Gasteiger charge is 2.30. The Balaban J connectivity index is 1.94. The third-order valence-corrected chi connectivity index (χ3v) is 4.53. The molecule has 0 saturated heterocycles. The lowest BCUT2D eigenvalue weighted by atomic mass is 9.85. The summed E-state index contributed by atoms with van der Waals surface area (Å²) in [7, 11) is 0. The molecule has 114 valence electrons. The zero-order valence-electron chi connectivity index (χ0n) is 12.5. The van der Waals surface area contributed by atoms with Crippen LogP contribution in [-0.2, 0) is 13.0 Å². The minimum atomic E-state index is -0.602. The van der Waals surface area contributed by atoms with Gasteiger partial charge in [-0.1, -0.05) is 31.4 Å². The number of para-hydroxylation sites is 2. The summed E-state index contributed by atoms with van der Waals surface area (Å²) in [5.41, 5.74) is 1.46. The highest BCUT2D eigenvalue weighted by molar-refractivity contribution is 5.75. The molecule has 1 saturated carbocycles. The Morgan fingerprint density at radius 3 is 2.67 bits per heavy atom. The molecular weight excluding hydrogens is 264 g/mol. The molecule has 4 heteroatoms. The zero-order chi connectivity index (χ0) is 14.7. The van der Waals surface area contributed by atoms with Crippen molar-refractivity contribution >= 4 is 11.0 Å². The van der Waals surface area contributed by atoms with Gasteiger partial charge in [0.15, 0.2) is 0 Å². The Hall–Kier alpha value is -1.39. The first kappa shape index (κ1) is 14.5. The van der Waals surface area contributed by atoms with Gasteiger partial charge in [0.05, 0.1) is 23.2 Å². The first-order valence-corrected chi connectivity index (χ1v) is 7.99. The average Bonchev–Trinajstić information content (AvgIpc) is 2.83. The van der Waals surface area contributed by atoms with Crippen LogP contribution in [-0.4, -0.2) is 32.0 Å². The van der Waals surface area contributed by atoms with Gasteiger partial charge < -0.3 is 14.8 Å². The van der Waals surface area contributed by atoms with Crippen LogP contribution in [0, 0.1) is 0 Å². The van der Waals surface area contributed by atoms with Gasteiger partial charge in [-0.05, 0) is 31.4 Å².